The van der Waals surface area contributed by atoms with E-state index in [9.17, 15) is 0 Å². The van der Waals surface area contributed by atoms with Crippen LogP contribution in [0.5, 0.6) is 10.9 Å². The lowest BCUT2D eigenvalue weighted by Crippen LogP contribution is -2.35. The molecule has 1 saturated carbocycles. The zero-order valence-corrected chi connectivity index (χ0v) is 15.1. The molecule has 24 heavy (non-hydrogen) atoms. The maximum atomic E-state index is 5.98. The van der Waals surface area contributed by atoms with Crippen LogP contribution in [0.15, 0.2) is 17.1 Å². The van der Waals surface area contributed by atoms with Crippen LogP contribution in [-0.4, -0.2) is 33.7 Å². The molecule has 2 heterocycles. The van der Waals surface area contributed by atoms with E-state index in [2.05, 4.69) is 39.2 Å². The van der Waals surface area contributed by atoms with Crippen LogP contribution in [0.4, 0.5) is 5.69 Å². The highest BCUT2D eigenvalue weighted by molar-refractivity contribution is 7.07. The van der Waals surface area contributed by atoms with Gasteiger partial charge in [-0.2, -0.15) is 9.36 Å². The van der Waals surface area contributed by atoms with Crippen molar-refractivity contribution < 1.29 is 4.74 Å². The van der Waals surface area contributed by atoms with E-state index in [4.69, 9.17) is 4.74 Å². The molecule has 2 fully saturated rings. The van der Waals surface area contributed by atoms with Gasteiger partial charge < -0.3 is 9.64 Å². The van der Waals surface area contributed by atoms with Gasteiger partial charge in [-0.25, -0.2) is 4.99 Å². The van der Waals surface area contributed by atoms with Gasteiger partial charge in [0.05, 0.1) is 12.0 Å². The highest BCUT2D eigenvalue weighted by Crippen LogP contribution is 2.46. The maximum absolute atomic E-state index is 5.98. The summed E-state index contributed by atoms with van der Waals surface area (Å²) in [6.07, 6.45) is 4.40. The van der Waals surface area contributed by atoms with Crippen LogP contribution in [0.3, 0.4) is 0 Å². The number of hydrogen-bond donors (Lipinski definition) is 0. The number of aliphatic imine (C=N–C) groups is 1. The van der Waals surface area contributed by atoms with Crippen LogP contribution in [0.2, 0.25) is 0 Å². The fourth-order valence-corrected chi connectivity index (χ4v) is 3.42. The molecule has 1 aliphatic carbocycles. The zero-order chi connectivity index (χ0) is 16.7. The Morgan fingerprint density at radius 1 is 1.29 bits per heavy atom. The number of benzene rings is 1. The van der Waals surface area contributed by atoms with Crippen LogP contribution in [0.1, 0.15) is 42.6 Å². The van der Waals surface area contributed by atoms with Gasteiger partial charge in [-0.15, -0.1) is 0 Å². The Morgan fingerprint density at radius 3 is 2.75 bits per heavy atom. The van der Waals surface area contributed by atoms with E-state index in [1.807, 2.05) is 19.3 Å². The van der Waals surface area contributed by atoms with Gasteiger partial charge >= 0.3 is 0 Å². The van der Waals surface area contributed by atoms with Gasteiger partial charge in [-0.1, -0.05) is 6.92 Å². The van der Waals surface area contributed by atoms with Crippen molar-refractivity contribution in [2.45, 2.75) is 39.5 Å². The van der Waals surface area contributed by atoms with Gasteiger partial charge in [0.25, 0.3) is 5.19 Å². The predicted molar refractivity (Wildman–Crippen MR) is 96.8 cm³/mol. The van der Waals surface area contributed by atoms with Crippen molar-refractivity contribution in [3.05, 3.63) is 29.1 Å². The summed E-state index contributed by atoms with van der Waals surface area (Å²) >= 11 is 1.34. The van der Waals surface area contributed by atoms with Crippen molar-refractivity contribution in [2.75, 3.05) is 13.1 Å². The molecule has 126 valence electrons. The molecule has 1 aromatic heterocycles. The number of aromatic nitrogens is 2. The molecule has 2 aliphatic rings. The summed E-state index contributed by atoms with van der Waals surface area (Å²) in [5.74, 6) is 3.01. The molecular formula is C18H22N4OS. The third-order valence-corrected chi connectivity index (χ3v) is 5.41. The topological polar surface area (TPSA) is 50.6 Å². The van der Waals surface area contributed by atoms with Crippen LogP contribution in [0.25, 0.3) is 0 Å². The highest BCUT2D eigenvalue weighted by Gasteiger charge is 2.37. The molecule has 0 radical (unpaired) electrons. The SMILES string of the molecule is Cc1cc(Oc2nc(C3CC3C)ns2)c(C)cc1N=CN1CCC1. The molecule has 2 aromatic rings. The second-order valence-electron chi connectivity index (χ2n) is 6.88. The van der Waals surface area contributed by atoms with Crippen molar-refractivity contribution in [3.63, 3.8) is 0 Å². The van der Waals surface area contributed by atoms with Crippen molar-refractivity contribution in [1.29, 1.82) is 0 Å². The Kier molecular flexibility index (Phi) is 4.00. The molecule has 0 spiro atoms. The Labute approximate surface area is 146 Å². The third kappa shape index (κ3) is 3.15. The van der Waals surface area contributed by atoms with Gasteiger partial charge in [-0.05, 0) is 55.9 Å². The van der Waals surface area contributed by atoms with E-state index in [1.54, 1.807) is 0 Å². The lowest BCUT2D eigenvalue weighted by molar-refractivity contribution is 0.310. The molecule has 4 rings (SSSR count). The standard InChI is InChI=1S/C18H22N4OS/c1-11-7-14(11)17-20-18(24-21-17)23-16-9-12(2)15(8-13(16)3)19-10-22-5-4-6-22/h8-11,14H,4-7H2,1-3H3. The van der Waals surface area contributed by atoms with E-state index in [1.165, 1.54) is 24.4 Å². The third-order valence-electron chi connectivity index (χ3n) is 4.81. The fraction of sp³-hybridized carbons (Fsp3) is 0.500. The summed E-state index contributed by atoms with van der Waals surface area (Å²) in [5, 5.41) is 0.628. The van der Waals surface area contributed by atoms with Crippen LogP contribution in [-0.2, 0) is 0 Å². The molecule has 1 aliphatic heterocycles. The second kappa shape index (κ2) is 6.16. The Hall–Kier alpha value is -1.95. The minimum Gasteiger partial charge on any atom is -0.430 e. The van der Waals surface area contributed by atoms with Crippen molar-refractivity contribution in [3.8, 4) is 10.9 Å². The number of ether oxygens (including phenoxy) is 1. The Bertz CT molecular complexity index is 781. The van der Waals surface area contributed by atoms with Crippen LogP contribution in [0, 0.1) is 19.8 Å². The highest BCUT2D eigenvalue weighted by atomic mass is 32.1. The lowest BCUT2D eigenvalue weighted by atomic mass is 10.1. The molecule has 0 bridgehead atoms. The summed E-state index contributed by atoms with van der Waals surface area (Å²) in [6, 6.07) is 4.12. The first-order chi connectivity index (χ1) is 11.6. The summed E-state index contributed by atoms with van der Waals surface area (Å²) in [7, 11) is 0. The summed E-state index contributed by atoms with van der Waals surface area (Å²) < 4.78 is 10.4. The molecule has 1 aromatic carbocycles. The van der Waals surface area contributed by atoms with E-state index in [0.29, 0.717) is 17.0 Å². The first-order valence-electron chi connectivity index (χ1n) is 8.51. The normalized spacial score (nSPS) is 22.7. The first-order valence-corrected chi connectivity index (χ1v) is 9.28. The van der Waals surface area contributed by atoms with Crippen molar-refractivity contribution in [2.24, 2.45) is 10.9 Å². The predicted octanol–water partition coefficient (Wildman–Crippen LogP) is 4.44. The molecule has 2 atom stereocenters. The van der Waals surface area contributed by atoms with Gasteiger partial charge in [0, 0.05) is 30.5 Å². The Morgan fingerprint density at radius 2 is 2.08 bits per heavy atom. The molecule has 5 nitrogen and oxygen atoms in total. The Balaban J connectivity index is 1.49. The summed E-state index contributed by atoms with van der Waals surface area (Å²) in [6.45, 7) is 8.57. The minimum atomic E-state index is 0.527. The quantitative estimate of drug-likeness (QED) is 0.595. The number of likely N-dealkylation sites (tertiary alicyclic amines) is 1. The lowest BCUT2D eigenvalue weighted by Gasteiger charge is -2.28. The second-order valence-corrected chi connectivity index (χ2v) is 7.59. The number of rotatable bonds is 5. The molecule has 0 N–H and O–H groups in total. The molecular weight excluding hydrogens is 320 g/mol. The molecule has 6 heteroatoms. The number of aryl methyl sites for hydroxylation is 2. The van der Waals surface area contributed by atoms with E-state index in [0.717, 1.165) is 41.5 Å². The van der Waals surface area contributed by atoms with E-state index in [-0.39, 0.29) is 0 Å². The first kappa shape index (κ1) is 15.6. The molecule has 0 amide bonds. The van der Waals surface area contributed by atoms with Gasteiger partial charge in [-0.3, -0.25) is 0 Å². The largest absolute Gasteiger partial charge is 0.430 e. The number of nitrogens with zero attached hydrogens (tertiary/aromatic N) is 4. The average Bonchev–Trinajstić information content (AvgIpc) is 3.05. The minimum absolute atomic E-state index is 0.527. The van der Waals surface area contributed by atoms with Crippen LogP contribution >= 0.6 is 11.5 Å². The van der Waals surface area contributed by atoms with E-state index < -0.39 is 0 Å². The average molecular weight is 342 g/mol. The van der Waals surface area contributed by atoms with Gasteiger partial charge in [0.2, 0.25) is 0 Å². The molecule has 2 unspecified atom stereocenters. The zero-order valence-electron chi connectivity index (χ0n) is 14.3. The van der Waals surface area contributed by atoms with Crippen molar-refractivity contribution >= 4 is 23.6 Å². The number of hydrogen-bond acceptors (Lipinski definition) is 5. The monoisotopic (exact) mass is 342 g/mol. The van der Waals surface area contributed by atoms with Gasteiger partial charge in [0.15, 0.2) is 0 Å². The maximum Gasteiger partial charge on any atom is 0.298 e. The van der Waals surface area contributed by atoms with Gasteiger partial charge in [0.1, 0.15) is 11.6 Å². The van der Waals surface area contributed by atoms with Crippen LogP contribution < -0.4 is 4.74 Å². The summed E-state index contributed by atoms with van der Waals surface area (Å²) in [4.78, 5) is 11.4. The van der Waals surface area contributed by atoms with E-state index >= 15 is 0 Å². The fourth-order valence-electron chi connectivity index (χ4n) is 2.81. The summed E-state index contributed by atoms with van der Waals surface area (Å²) in [5.41, 5.74) is 3.16. The smallest absolute Gasteiger partial charge is 0.298 e. The van der Waals surface area contributed by atoms with Crippen molar-refractivity contribution in [1.82, 2.24) is 14.3 Å². The molecule has 1 saturated heterocycles.